The van der Waals surface area contributed by atoms with Crippen LogP contribution in [0, 0.1) is 3.57 Å². The van der Waals surface area contributed by atoms with E-state index in [1.807, 2.05) is 18.2 Å². The molecule has 6 nitrogen and oxygen atoms in total. The summed E-state index contributed by atoms with van der Waals surface area (Å²) >= 11 is 2.15. The van der Waals surface area contributed by atoms with Gasteiger partial charge in [0.05, 0.1) is 16.8 Å². The van der Waals surface area contributed by atoms with Crippen molar-refractivity contribution >= 4 is 28.6 Å². The summed E-state index contributed by atoms with van der Waals surface area (Å²) in [6.07, 6.45) is 3.65. The van der Waals surface area contributed by atoms with E-state index in [2.05, 4.69) is 36.4 Å². The molecule has 7 heteroatoms. The van der Waals surface area contributed by atoms with E-state index in [4.69, 9.17) is 23.7 Å². The van der Waals surface area contributed by atoms with Gasteiger partial charge in [-0.25, -0.2) is 4.79 Å². The van der Waals surface area contributed by atoms with Crippen LogP contribution in [0.15, 0.2) is 23.8 Å². The minimum Gasteiger partial charge on any atom is -0.463 e. The molecule has 0 amide bonds. The first-order valence-electron chi connectivity index (χ1n) is 9.09. The second-order valence-corrected chi connectivity index (χ2v) is 8.09. The first-order chi connectivity index (χ1) is 13.0. The SMILES string of the molecule is COCOc1c(C(C)C)ccc(I)c1OC(=O)C1=CCC2(CC1)OCCO2. The number of carbonyl (C=O) groups excluding carboxylic acids is 1. The Morgan fingerprint density at radius 1 is 1.26 bits per heavy atom. The fourth-order valence-corrected chi connectivity index (χ4v) is 3.82. The lowest BCUT2D eigenvalue weighted by atomic mass is 9.94. The van der Waals surface area contributed by atoms with Gasteiger partial charge >= 0.3 is 5.97 Å². The third kappa shape index (κ3) is 4.64. The Morgan fingerprint density at radius 2 is 2.00 bits per heavy atom. The summed E-state index contributed by atoms with van der Waals surface area (Å²) in [7, 11) is 1.56. The first kappa shape index (κ1) is 20.6. The molecule has 0 saturated carbocycles. The van der Waals surface area contributed by atoms with E-state index in [0.717, 1.165) is 9.13 Å². The van der Waals surface area contributed by atoms with Crippen LogP contribution in [0.5, 0.6) is 11.5 Å². The molecule has 1 aromatic carbocycles. The molecule has 1 aliphatic heterocycles. The molecule has 0 N–H and O–H groups in total. The molecule has 0 radical (unpaired) electrons. The highest BCUT2D eigenvalue weighted by atomic mass is 127. The number of benzene rings is 1. The van der Waals surface area contributed by atoms with Crippen LogP contribution in [-0.4, -0.2) is 38.9 Å². The lowest BCUT2D eigenvalue weighted by Crippen LogP contribution is -2.33. The highest BCUT2D eigenvalue weighted by molar-refractivity contribution is 14.1. The third-order valence-corrected chi connectivity index (χ3v) is 5.59. The van der Waals surface area contributed by atoms with Crippen molar-refractivity contribution in [3.63, 3.8) is 0 Å². The monoisotopic (exact) mass is 488 g/mol. The molecule has 0 atom stereocenters. The van der Waals surface area contributed by atoms with Gasteiger partial charge in [-0.3, -0.25) is 0 Å². The second-order valence-electron chi connectivity index (χ2n) is 6.93. The number of rotatable bonds is 6. The Morgan fingerprint density at radius 3 is 2.59 bits per heavy atom. The smallest absolute Gasteiger partial charge is 0.339 e. The number of methoxy groups -OCH3 is 1. The van der Waals surface area contributed by atoms with Crippen LogP contribution >= 0.6 is 22.6 Å². The predicted octanol–water partition coefficient (Wildman–Crippen LogP) is 4.16. The summed E-state index contributed by atoms with van der Waals surface area (Å²) in [6.45, 7) is 5.43. The zero-order chi connectivity index (χ0) is 19.4. The number of ether oxygens (including phenoxy) is 5. The van der Waals surface area contributed by atoms with Crippen LogP contribution in [0.3, 0.4) is 0 Å². The van der Waals surface area contributed by atoms with E-state index < -0.39 is 5.79 Å². The molecular formula is C20H25IO6. The number of hydrogen-bond acceptors (Lipinski definition) is 6. The van der Waals surface area contributed by atoms with E-state index in [0.29, 0.717) is 49.5 Å². The summed E-state index contributed by atoms with van der Waals surface area (Å²) in [5, 5.41) is 0. The van der Waals surface area contributed by atoms with E-state index >= 15 is 0 Å². The third-order valence-electron chi connectivity index (χ3n) is 4.74. The summed E-state index contributed by atoms with van der Waals surface area (Å²) in [6, 6.07) is 3.93. The van der Waals surface area contributed by atoms with Gasteiger partial charge in [0.2, 0.25) is 0 Å². The zero-order valence-corrected chi connectivity index (χ0v) is 18.0. The number of carbonyl (C=O) groups is 1. The van der Waals surface area contributed by atoms with Gasteiger partial charge in [0.25, 0.3) is 0 Å². The average molecular weight is 488 g/mol. The Labute approximate surface area is 173 Å². The van der Waals surface area contributed by atoms with Gasteiger partial charge in [0, 0.05) is 31.1 Å². The van der Waals surface area contributed by atoms with Crippen LogP contribution in [0.2, 0.25) is 0 Å². The van der Waals surface area contributed by atoms with Crippen LogP contribution in [-0.2, 0) is 19.0 Å². The minimum absolute atomic E-state index is 0.0876. The van der Waals surface area contributed by atoms with Crippen LogP contribution < -0.4 is 9.47 Å². The molecule has 1 heterocycles. The molecule has 0 unspecified atom stereocenters. The molecule has 1 spiro atoms. The topological polar surface area (TPSA) is 63.2 Å². The quantitative estimate of drug-likeness (QED) is 0.260. The predicted molar refractivity (Wildman–Crippen MR) is 108 cm³/mol. The second kappa shape index (κ2) is 8.89. The van der Waals surface area contributed by atoms with Gasteiger partial charge in [-0.1, -0.05) is 26.0 Å². The lowest BCUT2D eigenvalue weighted by molar-refractivity contribution is -0.162. The molecule has 2 aliphatic rings. The zero-order valence-electron chi connectivity index (χ0n) is 15.9. The van der Waals surface area contributed by atoms with Crippen molar-refractivity contribution in [1.29, 1.82) is 0 Å². The molecule has 0 bridgehead atoms. The van der Waals surface area contributed by atoms with Crippen molar-refractivity contribution in [2.75, 3.05) is 27.1 Å². The lowest BCUT2D eigenvalue weighted by Gasteiger charge is -2.30. The Balaban J connectivity index is 1.81. The van der Waals surface area contributed by atoms with Gasteiger partial charge in [-0.05, 0) is 41.0 Å². The first-order valence-corrected chi connectivity index (χ1v) is 10.2. The Hall–Kier alpha value is -1.16. The van der Waals surface area contributed by atoms with Gasteiger partial charge in [0.15, 0.2) is 24.1 Å². The molecule has 3 rings (SSSR count). The van der Waals surface area contributed by atoms with Crippen molar-refractivity contribution in [2.24, 2.45) is 0 Å². The molecule has 1 aromatic rings. The van der Waals surface area contributed by atoms with Crippen molar-refractivity contribution in [3.05, 3.63) is 32.9 Å². The maximum Gasteiger partial charge on any atom is 0.339 e. The highest BCUT2D eigenvalue weighted by Crippen LogP contribution is 2.41. The van der Waals surface area contributed by atoms with Crippen molar-refractivity contribution in [3.8, 4) is 11.5 Å². The van der Waals surface area contributed by atoms with Crippen molar-refractivity contribution < 1.29 is 28.5 Å². The average Bonchev–Trinajstić information content (AvgIpc) is 3.10. The van der Waals surface area contributed by atoms with Crippen LogP contribution in [0.1, 0.15) is 44.6 Å². The highest BCUT2D eigenvalue weighted by Gasteiger charge is 2.39. The summed E-state index contributed by atoms with van der Waals surface area (Å²) in [5.41, 5.74) is 1.61. The molecule has 1 aliphatic carbocycles. The summed E-state index contributed by atoms with van der Waals surface area (Å²) in [5.74, 6) is 0.309. The molecule has 148 valence electrons. The van der Waals surface area contributed by atoms with Gasteiger partial charge in [-0.2, -0.15) is 0 Å². The largest absolute Gasteiger partial charge is 0.463 e. The van der Waals surface area contributed by atoms with Crippen molar-refractivity contribution in [2.45, 2.75) is 44.8 Å². The molecule has 27 heavy (non-hydrogen) atoms. The van der Waals surface area contributed by atoms with Crippen LogP contribution in [0.25, 0.3) is 0 Å². The Kier molecular flexibility index (Phi) is 6.78. The Bertz CT molecular complexity index is 721. The standard InChI is InChI=1S/C20H25IO6/c1-13(2)15-4-5-16(21)18(17(15)24-12-23-3)27-19(22)14-6-8-20(9-7-14)25-10-11-26-20/h4-6,13H,7-12H2,1-3H3. The summed E-state index contributed by atoms with van der Waals surface area (Å²) < 4.78 is 28.8. The normalized spacial score (nSPS) is 18.6. The van der Waals surface area contributed by atoms with Gasteiger partial charge < -0.3 is 23.7 Å². The minimum atomic E-state index is -0.553. The molecule has 0 aromatic heterocycles. The van der Waals surface area contributed by atoms with Crippen LogP contribution in [0.4, 0.5) is 0 Å². The van der Waals surface area contributed by atoms with Gasteiger partial charge in [-0.15, -0.1) is 0 Å². The van der Waals surface area contributed by atoms with Crippen molar-refractivity contribution in [1.82, 2.24) is 0 Å². The van der Waals surface area contributed by atoms with Gasteiger partial charge in [0.1, 0.15) is 0 Å². The molecule has 1 fully saturated rings. The van der Waals surface area contributed by atoms with E-state index in [1.54, 1.807) is 7.11 Å². The molecule has 1 saturated heterocycles. The number of hydrogen-bond donors (Lipinski definition) is 0. The van der Waals surface area contributed by atoms with E-state index in [9.17, 15) is 4.79 Å². The maximum atomic E-state index is 12.8. The molecular weight excluding hydrogens is 463 g/mol. The van der Waals surface area contributed by atoms with E-state index in [1.165, 1.54) is 0 Å². The number of esters is 1. The number of halogens is 1. The summed E-state index contributed by atoms with van der Waals surface area (Å²) in [4.78, 5) is 12.8. The van der Waals surface area contributed by atoms with E-state index in [-0.39, 0.29) is 18.7 Å². The maximum absolute atomic E-state index is 12.8. The fraction of sp³-hybridized carbons (Fsp3) is 0.550. The fourth-order valence-electron chi connectivity index (χ4n) is 3.28.